The van der Waals surface area contributed by atoms with Gasteiger partial charge in [0.15, 0.2) is 0 Å². The number of nitrogens with one attached hydrogen (secondary N) is 1. The minimum atomic E-state index is -0.684. The fourth-order valence-corrected chi connectivity index (χ4v) is 3.60. The van der Waals surface area contributed by atoms with Gasteiger partial charge in [0.2, 0.25) is 0 Å². The van der Waals surface area contributed by atoms with E-state index in [1.807, 2.05) is 17.8 Å². The van der Waals surface area contributed by atoms with Crippen molar-refractivity contribution in [1.29, 1.82) is 0 Å². The molecule has 0 saturated heterocycles. The van der Waals surface area contributed by atoms with Gasteiger partial charge in [0.05, 0.1) is 12.1 Å². The second kappa shape index (κ2) is 5.81. The molecule has 0 aliphatic carbocycles. The van der Waals surface area contributed by atoms with E-state index in [1.54, 1.807) is 7.05 Å². The molecule has 0 spiro atoms. The number of hydrogen-bond donors (Lipinski definition) is 2. The number of alkyl halides is 2. The Bertz CT molecular complexity index is 400. The predicted molar refractivity (Wildman–Crippen MR) is 74.2 cm³/mol. The van der Waals surface area contributed by atoms with Gasteiger partial charge in [-0.1, -0.05) is 12.1 Å². The Kier molecular flexibility index (Phi) is 4.61. The van der Waals surface area contributed by atoms with Gasteiger partial charge in [0.25, 0.3) is 0 Å². The molecule has 0 fully saturated rings. The molecule has 0 bridgehead atoms. The Balaban J connectivity index is 2.21. The fraction of sp³-hybridized carbons (Fsp3) is 0.500. The fourth-order valence-electron chi connectivity index (χ4n) is 2.02. The Hall–Kier alpha value is 0.0700. The number of aliphatic hydroxyl groups excluding tert-OH is 1. The van der Waals surface area contributed by atoms with Crippen molar-refractivity contribution in [1.82, 2.24) is 5.32 Å². The summed E-state index contributed by atoms with van der Waals surface area (Å²) in [6, 6.07) is 5.71. The van der Waals surface area contributed by atoms with Crippen molar-refractivity contribution in [3.63, 3.8) is 0 Å². The van der Waals surface area contributed by atoms with Gasteiger partial charge in [-0.15, -0.1) is 35.0 Å². The van der Waals surface area contributed by atoms with Gasteiger partial charge < -0.3 is 10.4 Å². The number of fused-ring (bicyclic) bond motifs is 1. The Labute approximate surface area is 116 Å². The minimum Gasteiger partial charge on any atom is -0.387 e. The lowest BCUT2D eigenvalue weighted by molar-refractivity contribution is 0.137. The molecule has 0 saturated carbocycles. The summed E-state index contributed by atoms with van der Waals surface area (Å²) in [6.45, 7) is 0. The zero-order valence-electron chi connectivity index (χ0n) is 9.49. The second-order valence-electron chi connectivity index (χ2n) is 4.06. The molecule has 2 unspecified atom stereocenters. The number of rotatable bonds is 4. The Morgan fingerprint density at radius 1 is 1.41 bits per heavy atom. The lowest BCUT2D eigenvalue weighted by Gasteiger charge is -2.24. The molecule has 5 heteroatoms. The summed E-state index contributed by atoms with van der Waals surface area (Å²) in [6.07, 6.45) is 0.381. The summed E-state index contributed by atoms with van der Waals surface area (Å²) in [5.74, 6) is 1.12. The first kappa shape index (κ1) is 13.5. The van der Waals surface area contributed by atoms with Crippen molar-refractivity contribution in [2.45, 2.75) is 28.3 Å². The first-order valence-electron chi connectivity index (χ1n) is 5.52. The minimum absolute atomic E-state index is 0.356. The molecule has 0 amide bonds. The van der Waals surface area contributed by atoms with Crippen LogP contribution in [0.3, 0.4) is 0 Å². The average molecular weight is 292 g/mol. The highest BCUT2D eigenvalue weighted by Crippen LogP contribution is 2.34. The van der Waals surface area contributed by atoms with E-state index in [1.165, 1.54) is 10.5 Å². The molecule has 2 N–H and O–H groups in total. The van der Waals surface area contributed by atoms with Crippen LogP contribution >= 0.6 is 35.0 Å². The molecule has 17 heavy (non-hydrogen) atoms. The van der Waals surface area contributed by atoms with Crippen LogP contribution in [-0.2, 0) is 6.42 Å². The summed E-state index contributed by atoms with van der Waals surface area (Å²) in [4.78, 5) is 0.674. The second-order valence-corrected chi connectivity index (χ2v) is 6.36. The van der Waals surface area contributed by atoms with E-state index in [0.717, 1.165) is 17.7 Å². The van der Waals surface area contributed by atoms with E-state index in [2.05, 4.69) is 17.4 Å². The smallest absolute Gasteiger partial charge is 0.125 e. The summed E-state index contributed by atoms with van der Waals surface area (Å²) in [5.41, 5.74) is 2.18. The third kappa shape index (κ3) is 2.91. The van der Waals surface area contributed by atoms with Gasteiger partial charge in [0.1, 0.15) is 4.84 Å². The van der Waals surface area contributed by atoms with E-state index < -0.39 is 10.9 Å². The average Bonchev–Trinajstić information content (AvgIpc) is 2.75. The van der Waals surface area contributed by atoms with E-state index in [4.69, 9.17) is 23.2 Å². The van der Waals surface area contributed by atoms with Crippen molar-refractivity contribution in [2.75, 3.05) is 12.8 Å². The number of likely N-dealkylation sites (N-methyl/N-ethyl adjacent to an activating group) is 1. The van der Waals surface area contributed by atoms with Crippen LogP contribution in [-0.4, -0.2) is 28.8 Å². The molecular weight excluding hydrogens is 277 g/mol. The summed E-state index contributed by atoms with van der Waals surface area (Å²) >= 11 is 13.5. The van der Waals surface area contributed by atoms with Gasteiger partial charge in [0, 0.05) is 10.6 Å². The van der Waals surface area contributed by atoms with Gasteiger partial charge in [-0.3, -0.25) is 0 Å². The monoisotopic (exact) mass is 291 g/mol. The predicted octanol–water partition coefficient (Wildman–Crippen LogP) is 2.76. The molecule has 94 valence electrons. The third-order valence-electron chi connectivity index (χ3n) is 3.00. The van der Waals surface area contributed by atoms with Crippen LogP contribution in [0.15, 0.2) is 23.1 Å². The maximum Gasteiger partial charge on any atom is 0.125 e. The highest BCUT2D eigenvalue weighted by Gasteiger charge is 2.26. The van der Waals surface area contributed by atoms with Crippen LogP contribution < -0.4 is 5.32 Å². The van der Waals surface area contributed by atoms with Crippen molar-refractivity contribution in [3.8, 4) is 0 Å². The SMILES string of the molecule is CNC(C(Cl)Cl)C(O)c1ccc2c(c1)CCS2. The zero-order valence-corrected chi connectivity index (χ0v) is 11.8. The molecule has 1 heterocycles. The first-order chi connectivity index (χ1) is 8.13. The van der Waals surface area contributed by atoms with Crippen molar-refractivity contribution < 1.29 is 5.11 Å². The molecule has 0 radical (unpaired) electrons. The molecular formula is C12H15Cl2NOS. The number of halogens is 2. The summed E-state index contributed by atoms with van der Waals surface area (Å²) in [5, 5.41) is 13.2. The van der Waals surface area contributed by atoms with Crippen LogP contribution in [0.25, 0.3) is 0 Å². The summed E-state index contributed by atoms with van der Waals surface area (Å²) < 4.78 is 0. The summed E-state index contributed by atoms with van der Waals surface area (Å²) in [7, 11) is 1.74. The topological polar surface area (TPSA) is 32.3 Å². The maximum absolute atomic E-state index is 10.2. The molecule has 2 atom stereocenters. The van der Waals surface area contributed by atoms with Gasteiger partial charge in [-0.2, -0.15) is 0 Å². The number of aliphatic hydroxyl groups is 1. The van der Waals surface area contributed by atoms with Crippen LogP contribution in [0.4, 0.5) is 0 Å². The van der Waals surface area contributed by atoms with E-state index in [9.17, 15) is 5.11 Å². The zero-order chi connectivity index (χ0) is 12.4. The Morgan fingerprint density at radius 2 is 2.18 bits per heavy atom. The molecule has 2 rings (SSSR count). The third-order valence-corrected chi connectivity index (χ3v) is 4.66. The van der Waals surface area contributed by atoms with Gasteiger partial charge in [-0.05, 0) is 30.7 Å². The quantitative estimate of drug-likeness (QED) is 0.837. The molecule has 1 aliphatic heterocycles. The van der Waals surface area contributed by atoms with Crippen molar-refractivity contribution in [3.05, 3.63) is 29.3 Å². The highest BCUT2D eigenvalue weighted by atomic mass is 35.5. The van der Waals surface area contributed by atoms with Crippen LogP contribution in [0.1, 0.15) is 17.2 Å². The van der Waals surface area contributed by atoms with Crippen molar-refractivity contribution in [2.24, 2.45) is 0 Å². The van der Waals surface area contributed by atoms with Crippen LogP contribution in [0.2, 0.25) is 0 Å². The molecule has 1 aromatic carbocycles. The lowest BCUT2D eigenvalue weighted by atomic mass is 10.0. The van der Waals surface area contributed by atoms with Gasteiger partial charge in [-0.25, -0.2) is 0 Å². The van der Waals surface area contributed by atoms with E-state index in [-0.39, 0.29) is 6.04 Å². The van der Waals surface area contributed by atoms with Crippen LogP contribution in [0, 0.1) is 0 Å². The molecule has 1 aliphatic rings. The molecule has 2 nitrogen and oxygen atoms in total. The van der Waals surface area contributed by atoms with Gasteiger partial charge >= 0.3 is 0 Å². The van der Waals surface area contributed by atoms with E-state index in [0.29, 0.717) is 0 Å². The van der Waals surface area contributed by atoms with Crippen LogP contribution in [0.5, 0.6) is 0 Å². The largest absolute Gasteiger partial charge is 0.387 e. The lowest BCUT2D eigenvalue weighted by Crippen LogP contribution is -2.37. The number of benzene rings is 1. The maximum atomic E-state index is 10.2. The molecule has 0 aromatic heterocycles. The number of aryl methyl sites for hydroxylation is 1. The van der Waals surface area contributed by atoms with Crippen molar-refractivity contribution >= 4 is 35.0 Å². The van der Waals surface area contributed by atoms with E-state index >= 15 is 0 Å². The number of hydrogen-bond acceptors (Lipinski definition) is 3. The first-order valence-corrected chi connectivity index (χ1v) is 7.38. The molecule has 1 aromatic rings. The number of thioether (sulfide) groups is 1. The normalized spacial score (nSPS) is 18.2. The standard InChI is InChI=1S/C12H15Cl2NOS/c1-15-10(12(13)14)11(16)8-2-3-9-7(6-8)4-5-17-9/h2-3,6,10-12,15-16H,4-5H2,1H3. The Morgan fingerprint density at radius 3 is 2.82 bits per heavy atom. The highest BCUT2D eigenvalue weighted by molar-refractivity contribution is 7.99.